The zero-order valence-corrected chi connectivity index (χ0v) is 12.6. The Morgan fingerprint density at radius 2 is 2.00 bits per heavy atom. The molecule has 2 aromatic rings. The van der Waals surface area contributed by atoms with Crippen molar-refractivity contribution < 1.29 is 8.42 Å². The van der Waals surface area contributed by atoms with Crippen molar-refractivity contribution in [3.05, 3.63) is 36.0 Å². The Kier molecular flexibility index (Phi) is 3.99. The number of sulfone groups is 1. The molecule has 0 radical (unpaired) electrons. The summed E-state index contributed by atoms with van der Waals surface area (Å²) in [4.78, 5) is 4.33. The minimum Gasteiger partial charge on any atom is -0.383 e. The second-order valence-corrected chi connectivity index (χ2v) is 7.23. The molecule has 5 N–H and O–H groups in total. The normalized spacial score (nSPS) is 12.8. The lowest BCUT2D eigenvalue weighted by Crippen LogP contribution is -2.16. The van der Waals surface area contributed by atoms with Crippen LogP contribution in [0.2, 0.25) is 0 Å². The van der Waals surface area contributed by atoms with E-state index in [-0.39, 0.29) is 22.2 Å². The second-order valence-electron chi connectivity index (χ2n) is 4.76. The van der Waals surface area contributed by atoms with E-state index in [1.54, 1.807) is 32.0 Å². The zero-order chi connectivity index (χ0) is 15.6. The molecule has 0 spiro atoms. The van der Waals surface area contributed by atoms with Crippen molar-refractivity contribution >= 4 is 27.2 Å². The van der Waals surface area contributed by atoms with E-state index in [9.17, 15) is 8.42 Å². The summed E-state index contributed by atoms with van der Waals surface area (Å²) >= 11 is 0. The van der Waals surface area contributed by atoms with Crippen molar-refractivity contribution in [1.82, 2.24) is 10.2 Å². The van der Waals surface area contributed by atoms with E-state index in [1.807, 2.05) is 0 Å². The van der Waals surface area contributed by atoms with Crippen LogP contribution in [-0.2, 0) is 9.84 Å². The van der Waals surface area contributed by atoms with Crippen LogP contribution >= 0.6 is 0 Å². The van der Waals surface area contributed by atoms with E-state index in [1.165, 1.54) is 12.3 Å². The molecule has 1 heterocycles. The molecule has 0 aliphatic heterocycles. The molecule has 2 rings (SSSR count). The summed E-state index contributed by atoms with van der Waals surface area (Å²) in [5.41, 5.74) is 12.3. The van der Waals surface area contributed by atoms with Gasteiger partial charge in [0.25, 0.3) is 0 Å². The molecule has 0 saturated heterocycles. The number of hydrogen-bond donors (Lipinski definition) is 3. The fraction of sp³-hybridized carbons (Fsp3) is 0.231. The van der Waals surface area contributed by atoms with Crippen LogP contribution in [0.5, 0.6) is 0 Å². The summed E-state index contributed by atoms with van der Waals surface area (Å²) in [5, 5.41) is 5.75. The van der Waals surface area contributed by atoms with E-state index < -0.39 is 15.1 Å². The number of aromatic amines is 1. The third kappa shape index (κ3) is 2.89. The Bertz CT molecular complexity index is 777. The highest BCUT2D eigenvalue weighted by atomic mass is 32.2. The molecule has 1 aromatic carbocycles. The molecule has 112 valence electrons. The van der Waals surface area contributed by atoms with E-state index in [0.29, 0.717) is 5.56 Å². The number of amidine groups is 1. The van der Waals surface area contributed by atoms with Crippen LogP contribution in [0.3, 0.4) is 0 Å². The van der Waals surface area contributed by atoms with Gasteiger partial charge in [-0.05, 0) is 26.0 Å². The van der Waals surface area contributed by atoms with Crippen LogP contribution in [0, 0.1) is 0 Å². The largest absolute Gasteiger partial charge is 0.383 e. The number of anilines is 1. The monoisotopic (exact) mass is 307 g/mol. The summed E-state index contributed by atoms with van der Waals surface area (Å²) in [7, 11) is -3.45. The van der Waals surface area contributed by atoms with Crippen LogP contribution < -0.4 is 11.5 Å². The quantitative estimate of drug-likeness (QED) is 0.578. The minimum atomic E-state index is -3.45. The SMILES string of the molecule is CC(C)S(=O)(=O)c1ccccc1N=C(N)c1cn[nH]c1N. The van der Waals surface area contributed by atoms with Gasteiger partial charge in [0, 0.05) is 0 Å². The maximum atomic E-state index is 12.3. The number of nitrogen functional groups attached to an aromatic ring is 1. The Morgan fingerprint density at radius 1 is 1.33 bits per heavy atom. The van der Waals surface area contributed by atoms with E-state index in [2.05, 4.69) is 15.2 Å². The smallest absolute Gasteiger partial charge is 0.182 e. The lowest BCUT2D eigenvalue weighted by atomic mass is 10.3. The average molecular weight is 307 g/mol. The molecule has 1 aromatic heterocycles. The van der Waals surface area contributed by atoms with E-state index >= 15 is 0 Å². The Morgan fingerprint density at radius 3 is 2.57 bits per heavy atom. The van der Waals surface area contributed by atoms with Crippen LogP contribution in [0.15, 0.2) is 40.4 Å². The van der Waals surface area contributed by atoms with Gasteiger partial charge in [0.1, 0.15) is 11.7 Å². The van der Waals surface area contributed by atoms with Crippen LogP contribution in [-0.4, -0.2) is 29.7 Å². The summed E-state index contributed by atoms with van der Waals surface area (Å²) in [6, 6.07) is 6.46. The predicted molar refractivity (Wildman–Crippen MR) is 82.1 cm³/mol. The molecule has 0 aliphatic rings. The number of nitrogens with one attached hydrogen (secondary N) is 1. The first-order valence-corrected chi connectivity index (χ1v) is 7.85. The van der Waals surface area contributed by atoms with Crippen molar-refractivity contribution in [3.8, 4) is 0 Å². The molecule has 7 nitrogen and oxygen atoms in total. The summed E-state index contributed by atoms with van der Waals surface area (Å²) in [6.07, 6.45) is 1.44. The van der Waals surface area contributed by atoms with Crippen LogP contribution in [0.4, 0.5) is 11.5 Å². The maximum absolute atomic E-state index is 12.3. The van der Waals surface area contributed by atoms with E-state index in [0.717, 1.165) is 0 Å². The number of para-hydroxylation sites is 1. The highest BCUT2D eigenvalue weighted by Gasteiger charge is 2.22. The second kappa shape index (κ2) is 5.57. The van der Waals surface area contributed by atoms with Gasteiger partial charge >= 0.3 is 0 Å². The van der Waals surface area contributed by atoms with Gasteiger partial charge in [-0.3, -0.25) is 5.10 Å². The van der Waals surface area contributed by atoms with Crippen molar-refractivity contribution in [1.29, 1.82) is 0 Å². The van der Waals surface area contributed by atoms with Crippen molar-refractivity contribution in [3.63, 3.8) is 0 Å². The van der Waals surface area contributed by atoms with Gasteiger partial charge in [0.15, 0.2) is 9.84 Å². The number of aliphatic imine (C=N–C) groups is 1. The molecule has 0 unspecified atom stereocenters. The van der Waals surface area contributed by atoms with Gasteiger partial charge < -0.3 is 11.5 Å². The van der Waals surface area contributed by atoms with Gasteiger partial charge in [-0.2, -0.15) is 5.10 Å². The molecule has 21 heavy (non-hydrogen) atoms. The summed E-state index contributed by atoms with van der Waals surface area (Å²) in [6.45, 7) is 3.24. The standard InChI is InChI=1S/C13H17N5O2S/c1-8(2)21(19,20)11-6-4-3-5-10(11)17-12(14)9-7-16-18-13(9)15/h3-8H,1-2H3,(H2,14,17)(H3,15,16,18). The number of hydrogen-bond acceptors (Lipinski definition) is 5. The molecule has 0 bridgehead atoms. The molecule has 0 saturated carbocycles. The highest BCUT2D eigenvalue weighted by Crippen LogP contribution is 2.27. The Hall–Kier alpha value is -2.35. The minimum absolute atomic E-state index is 0.104. The van der Waals surface area contributed by atoms with E-state index in [4.69, 9.17) is 11.5 Å². The number of nitrogens with zero attached hydrogens (tertiary/aromatic N) is 2. The molecule has 0 amide bonds. The topological polar surface area (TPSA) is 127 Å². The average Bonchev–Trinajstić information content (AvgIpc) is 2.85. The number of nitrogens with two attached hydrogens (primary N) is 2. The van der Waals surface area contributed by atoms with Crippen molar-refractivity contribution in [2.45, 2.75) is 24.0 Å². The number of H-pyrrole nitrogens is 1. The first-order chi connectivity index (χ1) is 9.84. The summed E-state index contributed by atoms with van der Waals surface area (Å²) in [5.74, 6) is 0.383. The highest BCUT2D eigenvalue weighted by molar-refractivity contribution is 7.92. The molecular formula is C13H17N5O2S. The zero-order valence-electron chi connectivity index (χ0n) is 11.7. The van der Waals surface area contributed by atoms with Gasteiger partial charge in [0.05, 0.1) is 27.6 Å². The number of aromatic nitrogens is 2. The van der Waals surface area contributed by atoms with Gasteiger partial charge in [-0.1, -0.05) is 12.1 Å². The molecule has 0 aliphatic carbocycles. The third-order valence-electron chi connectivity index (χ3n) is 2.98. The van der Waals surface area contributed by atoms with Crippen molar-refractivity contribution in [2.24, 2.45) is 10.7 Å². The third-order valence-corrected chi connectivity index (χ3v) is 5.18. The van der Waals surface area contributed by atoms with Crippen molar-refractivity contribution in [2.75, 3.05) is 5.73 Å². The first-order valence-electron chi connectivity index (χ1n) is 6.30. The fourth-order valence-electron chi connectivity index (χ4n) is 1.73. The summed E-state index contributed by atoms with van der Waals surface area (Å²) < 4.78 is 24.7. The lowest BCUT2D eigenvalue weighted by molar-refractivity contribution is 0.587. The number of rotatable bonds is 4. The maximum Gasteiger partial charge on any atom is 0.182 e. The molecule has 8 heteroatoms. The first kappa shape index (κ1) is 15.0. The lowest BCUT2D eigenvalue weighted by Gasteiger charge is -2.10. The molecule has 0 atom stereocenters. The number of benzene rings is 1. The van der Waals surface area contributed by atoms with Crippen LogP contribution in [0.1, 0.15) is 19.4 Å². The molecular weight excluding hydrogens is 290 g/mol. The van der Waals surface area contributed by atoms with Gasteiger partial charge in [-0.15, -0.1) is 0 Å². The Labute approximate surface area is 123 Å². The van der Waals surface area contributed by atoms with Gasteiger partial charge in [0.2, 0.25) is 0 Å². The van der Waals surface area contributed by atoms with Crippen LogP contribution in [0.25, 0.3) is 0 Å². The Balaban J connectivity index is 2.55. The molecule has 0 fully saturated rings. The van der Waals surface area contributed by atoms with Gasteiger partial charge in [-0.25, -0.2) is 13.4 Å². The fourth-order valence-corrected chi connectivity index (χ4v) is 2.92. The predicted octanol–water partition coefficient (Wildman–Crippen LogP) is 1.21.